The van der Waals surface area contributed by atoms with Crippen LogP contribution in [0.25, 0.3) is 61.2 Å². The summed E-state index contributed by atoms with van der Waals surface area (Å²) in [5.74, 6) is -0.584. The Morgan fingerprint density at radius 1 is 0.522 bits per heavy atom. The van der Waals surface area contributed by atoms with Crippen molar-refractivity contribution in [2.75, 3.05) is 79.4 Å². The molecule has 27 N–H and O–H groups in total. The van der Waals surface area contributed by atoms with Crippen molar-refractivity contribution in [1.29, 1.82) is 5.34 Å². The highest BCUT2D eigenvalue weighted by Gasteiger charge is 2.58. The molecular formula is C79H117B4BrCl3I4N23O24. The molecule has 0 aliphatic carbocycles. The van der Waals surface area contributed by atoms with Gasteiger partial charge in [0.1, 0.15) is 138 Å². The molecule has 5 aliphatic rings. The highest BCUT2D eigenvalue weighted by atomic mass is 127. The molecule has 5 fully saturated rings. The van der Waals surface area contributed by atoms with E-state index in [1.165, 1.54) is 50.8 Å². The number of halogens is 8. The molecule has 0 radical (unpaired) electrons. The molecule has 0 aromatic carbocycles. The van der Waals surface area contributed by atoms with Gasteiger partial charge in [0.05, 0.1) is 67.1 Å². The molecule has 10 aromatic rings. The van der Waals surface area contributed by atoms with E-state index in [9.17, 15) is 70.6 Å². The minimum Gasteiger partial charge on any atom is -0.466 e. The Morgan fingerprint density at radius 2 is 0.870 bits per heavy atom. The molecule has 15 rings (SSSR count). The van der Waals surface area contributed by atoms with E-state index in [0.717, 1.165) is 19.7 Å². The van der Waals surface area contributed by atoms with Crippen LogP contribution in [0.1, 0.15) is 115 Å². The molecule has 138 heavy (non-hydrogen) atoms. The minimum atomic E-state index is -1.74. The number of H-pyrrole nitrogens is 1. The molecule has 47 nitrogen and oxygen atoms in total. The van der Waals surface area contributed by atoms with Crippen LogP contribution in [0, 0.1) is 25.1 Å². The van der Waals surface area contributed by atoms with Gasteiger partial charge < -0.3 is 161 Å². The maximum atomic E-state index is 12.5. The van der Waals surface area contributed by atoms with Gasteiger partial charge in [-0.1, -0.05) is 127 Å². The van der Waals surface area contributed by atoms with Crippen LogP contribution in [0.5, 0.6) is 0 Å². The van der Waals surface area contributed by atoms with Crippen LogP contribution >= 0.6 is 141 Å². The molecule has 20 atom stereocenters. The van der Waals surface area contributed by atoms with Crippen LogP contribution in [0.15, 0.2) is 37.1 Å². The quantitative estimate of drug-likeness (QED) is 0.0111. The van der Waals surface area contributed by atoms with Crippen molar-refractivity contribution in [3.8, 4) is 0 Å². The van der Waals surface area contributed by atoms with Crippen LogP contribution in [-0.2, 0) is 61.4 Å². The molecule has 5 saturated heterocycles. The van der Waals surface area contributed by atoms with Crippen LogP contribution in [-0.4, -0.2) is 316 Å². The van der Waals surface area contributed by atoms with Crippen LogP contribution < -0.4 is 45.5 Å². The summed E-state index contributed by atoms with van der Waals surface area (Å²) in [6, 6.07) is 0. The second-order valence-electron chi connectivity index (χ2n) is 34.4. The number of aliphatic hydroxyl groups is 11. The maximum Gasteiger partial charge on any atom is 0.330 e. The predicted octanol–water partition coefficient (Wildman–Crippen LogP) is 5.08. The van der Waals surface area contributed by atoms with Gasteiger partial charge in [-0.05, 0) is 131 Å². The fourth-order valence-electron chi connectivity index (χ4n) is 14.9. The summed E-state index contributed by atoms with van der Waals surface area (Å²) >= 11 is 30.2. The van der Waals surface area contributed by atoms with Crippen molar-refractivity contribution in [2.24, 2.45) is 10.8 Å². The van der Waals surface area contributed by atoms with E-state index < -0.39 is 185 Å². The molecule has 15 heterocycles. The van der Waals surface area contributed by atoms with Crippen molar-refractivity contribution >= 4 is 291 Å². The first-order valence-corrected chi connectivity index (χ1v) is 47.7. The summed E-state index contributed by atoms with van der Waals surface area (Å²) in [4.78, 5) is 80.0. The number of hydrogen-bond acceptors (Lipinski definition) is 40. The second-order valence-corrected chi connectivity index (χ2v) is 40.9. The number of aromatic nitrogens is 15. The van der Waals surface area contributed by atoms with Crippen molar-refractivity contribution in [3.63, 3.8) is 0 Å². The van der Waals surface area contributed by atoms with Gasteiger partial charge in [-0.25, -0.2) is 9.78 Å². The minimum absolute atomic E-state index is 0. The van der Waals surface area contributed by atoms with Crippen molar-refractivity contribution in [3.05, 3.63) is 72.4 Å². The molecule has 59 heteroatoms. The zero-order valence-corrected chi connectivity index (χ0v) is 89.1. The van der Waals surface area contributed by atoms with E-state index in [0.29, 0.717) is 54.9 Å². The average molecular weight is 2520 g/mol. The number of nitrogens with two attached hydrogens (primary N) is 5. The third-order valence-electron chi connectivity index (χ3n) is 22.1. The number of rotatable bonds is 21. The van der Waals surface area contributed by atoms with Gasteiger partial charge in [-0.15, -0.1) is 0 Å². The molecule has 0 spiro atoms. The lowest BCUT2D eigenvalue weighted by Gasteiger charge is -2.30. The van der Waals surface area contributed by atoms with E-state index in [4.69, 9.17) is 111 Å². The number of anilines is 7. The second kappa shape index (κ2) is 47.4. The van der Waals surface area contributed by atoms with Crippen LogP contribution in [0.2, 0.25) is 42.8 Å². The third-order valence-corrected chi connectivity index (χ3v) is 27.3. The van der Waals surface area contributed by atoms with Gasteiger partial charge in [0.2, 0.25) is 41.6 Å². The van der Waals surface area contributed by atoms with Gasteiger partial charge >= 0.3 is 5.97 Å². The lowest BCUT2D eigenvalue weighted by atomic mass is 9.93. The van der Waals surface area contributed by atoms with Gasteiger partial charge in [-0.3, -0.25) is 20.2 Å². The van der Waals surface area contributed by atoms with E-state index in [2.05, 4.69) is 176 Å². The fraction of sp³-hybridized carbons (Fsp3) is 0.557. The molecule has 760 valence electrons. The molecule has 5 unspecified atom stereocenters. The third kappa shape index (κ3) is 25.0. The number of aliphatic hydroxyl groups excluding tert-OH is 6. The number of nitrogens with one attached hydrogen (secondary N) is 3. The van der Waals surface area contributed by atoms with Crippen LogP contribution in [0.3, 0.4) is 0 Å². The van der Waals surface area contributed by atoms with E-state index in [1.54, 1.807) is 100 Å². The molecule has 0 saturated carbocycles. The van der Waals surface area contributed by atoms with Gasteiger partial charge in [0, 0.05) is 74.5 Å². The molecule has 0 bridgehead atoms. The van der Waals surface area contributed by atoms with E-state index in [-0.39, 0.29) is 97.4 Å². The number of alkyl halides is 1. The summed E-state index contributed by atoms with van der Waals surface area (Å²) in [5.41, 5.74) is 22.3. The number of hydrogen-bond donors (Lipinski definition) is 20. The molecule has 5 aliphatic heterocycles. The Hall–Kier alpha value is -6.06. The first kappa shape index (κ1) is 111. The number of nitrogen functional groups attached to an aromatic ring is 5. The highest BCUT2D eigenvalue weighted by Crippen LogP contribution is 2.48. The molecule has 2 amide bonds. The smallest absolute Gasteiger partial charge is 0.330 e. The lowest BCUT2D eigenvalue weighted by molar-refractivity contribution is -0.134. The normalized spacial score (nSPS) is 28.1. The van der Waals surface area contributed by atoms with Gasteiger partial charge in [0.25, 0.3) is 29.8 Å². The van der Waals surface area contributed by atoms with Crippen molar-refractivity contribution < 1.29 is 119 Å². The number of fused-ring (bicyclic) bond motifs is 5. The zero-order valence-electron chi connectivity index (χ0n) is 80.7. The SMILES string of the molecule is C.CC(C)(C)C(=O)Nc1nc(Cl)c2c(I)c[nH]c2n1.COC(=O)/C=C/c1cn(C2O[C@H](CO)[C@@H](O)[C@@]2(C)O)c2nc(N)nc(N)c12.C[C@]1(O)C(n2cc(I)c3c(Cl)nc(N)nc32)O[C@H](CO)[C@H]1O.C[C@]1(O)C(n2cc(I)c3c(N)nc(N)nc32)O[C@H](CO)[C@H]1O.N.[2HH].[2H]B(C)OC[C@H]1OC(Br)[C@](C)(O)[C@@H]1OB([2H])C.[2H]B(C)OC[C@H]1OC(n2cc(I)c3c(Cl)nc(NC(=O)C(C)(C)C)nc32)[C@](C)(O)[C@@H]1OB([2H])C. The van der Waals surface area contributed by atoms with E-state index in [1.807, 2.05) is 20.8 Å². The van der Waals surface area contributed by atoms with Gasteiger partial charge in [-0.2, -0.15) is 44.9 Å². The Kier molecular flexibility index (Phi) is 38.0. The monoisotopic (exact) mass is 2510 g/mol. The zero-order chi connectivity index (χ0) is 105. The Balaban J connectivity index is 0.000000235. The Bertz CT molecular complexity index is 6050. The fourth-order valence-corrected chi connectivity index (χ4v) is 19.8. The number of ether oxygens (including phenoxy) is 6. The number of methoxy groups -OCH3 is 1. The van der Waals surface area contributed by atoms with E-state index >= 15 is 0 Å². The summed E-state index contributed by atoms with van der Waals surface area (Å²) < 4.78 is 94.1. The highest BCUT2D eigenvalue weighted by molar-refractivity contribution is 14.1. The number of aromatic amines is 1. The number of nitrogens with zero attached hydrogens (tertiary/aromatic N) is 14. The lowest BCUT2D eigenvalue weighted by Crippen LogP contribution is -2.46. The Labute approximate surface area is 879 Å². The first-order valence-electron chi connectivity index (χ1n) is 43.7. The number of amides is 2. The summed E-state index contributed by atoms with van der Waals surface area (Å²) in [5, 5.41) is 120. The van der Waals surface area contributed by atoms with Crippen LogP contribution in [0.4, 0.5) is 41.4 Å². The summed E-state index contributed by atoms with van der Waals surface area (Å²) in [7, 11) is -1.90. The standard InChI is InChI=1S/C19H28B2ClIN4O5.C16H21N5O6.C12H14ClIN4O4.C12H16IN5O4.C11H12ClIN4O.C8H17B2BrO4.CH4.H3N.H2/c1-18(2,3)15(28)26-17-24-13(22)11-9(23)7-27(14(11)25-17)16-19(4,29)12(32-21-6)10(31-16)8-30-20-5;1-16(25)11(24)8(6-22)27-14(16)21-5-7(3-4-9(23)26-2)10-12(17)19-15(18)20-13(10)21;1-12(21)7(20)5(3-19)22-10(12)18-2-4(14)6-8(13)16-11(15)17-9(6)18;1-12(21)7(20)5(3-19)22-10(12)18-2-4(13)6-8(14)16-11(15)17-9(6)18;1-11(2,3)9(18)17-10-15-7(12)6-5(13)4-14-8(6)16-10;1-8(12)6(15-10-3)5(4-13-9-2)14-7(8)11;;;/h7,10,12,16,20-21,29H,8H2,1-6H3,(H,24,25,26,28);3-5,8,11,14,22,24-25H,6H2,1-2H3,(H4,17,18,19,20);2,5,7,10,19-21H,3H2,1H3,(H2,15,16,17);2,5,7,10,19-21H,3H2,1H3,(H4,14,15,16,17);4H,1-3H3,(H2,14,15,16,17,18);5-7,9-10,12H,4H2,1-3H3;1H4;1H3;1H/b;4-3+;;;;;;;/t10-,12-,16?,19-;8-,11-,14?,16-;2*5-,7-,10?,12-;;5-,6-,7?,8-;;;/m1111.1.../s1/i20D,21D;;;;;9D,10D;;;1+1. The maximum absolute atomic E-state index is 12.5. The van der Waals surface area contributed by atoms with Crippen molar-refractivity contribution in [2.45, 2.75) is 230 Å². The number of carbonyl (C=O) groups excluding carboxylic acids is 3. The Morgan fingerprint density at radius 3 is 1.28 bits per heavy atom. The summed E-state index contributed by atoms with van der Waals surface area (Å²) in [6.07, 6.45) is -2.33. The first-order chi connectivity index (χ1) is 64.9. The number of esters is 1. The molecular weight excluding hydrogens is 2390 g/mol. The average Bonchev–Trinajstić information content (AvgIpc) is 1.60. The largest absolute Gasteiger partial charge is 0.466 e. The summed E-state index contributed by atoms with van der Waals surface area (Å²) in [6.45, 7) is 23.3. The number of carbonyl (C=O) groups is 3. The van der Waals surface area contributed by atoms with Gasteiger partial charge in [0.15, 0.2) is 36.2 Å². The van der Waals surface area contributed by atoms with Crippen molar-refractivity contribution in [1.82, 2.24) is 79.2 Å². The molecule has 10 aromatic heterocycles. The topological polar surface area (TPSA) is 720 Å². The predicted molar refractivity (Wildman–Crippen MR) is 562 cm³/mol.